The van der Waals surface area contributed by atoms with Crippen LogP contribution >= 0.6 is 23.5 Å². The van der Waals surface area contributed by atoms with Crippen LogP contribution in [0.1, 0.15) is 25.7 Å². The van der Waals surface area contributed by atoms with Crippen molar-refractivity contribution in [2.45, 2.75) is 49.9 Å². The Morgan fingerprint density at radius 3 is 2.23 bits per heavy atom. The van der Waals surface area contributed by atoms with E-state index in [4.69, 9.17) is 5.73 Å². The fourth-order valence-corrected chi connectivity index (χ4v) is 4.07. The van der Waals surface area contributed by atoms with E-state index in [9.17, 15) is 29.4 Å². The van der Waals surface area contributed by atoms with E-state index in [0.717, 1.165) is 4.90 Å². The van der Waals surface area contributed by atoms with E-state index in [2.05, 4.69) is 10.6 Å². The molecule has 1 aliphatic heterocycles. The number of aliphatic carboxylic acids is 1. The summed E-state index contributed by atoms with van der Waals surface area (Å²) >= 11 is 3.06. The van der Waals surface area contributed by atoms with Gasteiger partial charge in [0.05, 0.1) is 12.6 Å². The van der Waals surface area contributed by atoms with Gasteiger partial charge in [0.25, 0.3) is 0 Å². The Hall–Kier alpha value is -1.50. The first-order chi connectivity index (χ1) is 14.3. The molecule has 0 spiro atoms. The molecule has 1 aliphatic rings. The maximum Gasteiger partial charge on any atom is 0.326 e. The number of aliphatic hydroxyl groups excluding tert-OH is 1. The number of carboxylic acids is 1. The third kappa shape index (κ3) is 7.97. The average molecular weight is 465 g/mol. The topological polar surface area (TPSA) is 162 Å². The summed E-state index contributed by atoms with van der Waals surface area (Å²) in [6, 6.07) is -3.92. The molecule has 10 nitrogen and oxygen atoms in total. The van der Waals surface area contributed by atoms with Crippen molar-refractivity contribution >= 4 is 47.2 Å². The quantitative estimate of drug-likeness (QED) is 0.227. The van der Waals surface area contributed by atoms with Gasteiger partial charge in [0.1, 0.15) is 18.1 Å². The monoisotopic (exact) mass is 464 g/mol. The van der Waals surface area contributed by atoms with Gasteiger partial charge in [-0.1, -0.05) is 0 Å². The summed E-state index contributed by atoms with van der Waals surface area (Å²) in [5.41, 5.74) is 5.86. The van der Waals surface area contributed by atoms with Gasteiger partial charge in [-0.25, -0.2) is 4.79 Å². The van der Waals surface area contributed by atoms with Gasteiger partial charge >= 0.3 is 5.97 Å². The van der Waals surface area contributed by atoms with Crippen molar-refractivity contribution in [1.82, 2.24) is 15.5 Å². The minimum Gasteiger partial charge on any atom is -0.480 e. The molecule has 0 aromatic heterocycles. The Bertz CT molecular complexity index is 609. The first-order valence-electron chi connectivity index (χ1n) is 9.75. The molecule has 4 unspecified atom stereocenters. The van der Waals surface area contributed by atoms with E-state index in [1.54, 1.807) is 11.8 Å². The van der Waals surface area contributed by atoms with Crippen LogP contribution in [0.2, 0.25) is 0 Å². The number of thioether (sulfide) groups is 2. The van der Waals surface area contributed by atoms with E-state index in [1.807, 2.05) is 12.5 Å². The molecule has 4 atom stereocenters. The lowest BCUT2D eigenvalue weighted by molar-refractivity contribution is -0.150. The van der Waals surface area contributed by atoms with Gasteiger partial charge in [-0.3, -0.25) is 14.4 Å². The average Bonchev–Trinajstić information content (AvgIpc) is 3.22. The molecule has 172 valence electrons. The standard InChI is InChI=1S/C18H32N4O6S2/c1-29-8-5-11(19)15(24)20-12(6-9-30-2)16(25)21-13(10-23)17(26)22-7-3-4-14(22)18(27)28/h11-14,23H,3-10,19H2,1-2H3,(H,20,24)(H,21,25)(H,27,28). The molecule has 0 aliphatic carbocycles. The van der Waals surface area contributed by atoms with Crippen molar-refractivity contribution in [2.24, 2.45) is 5.73 Å². The Kier molecular flexibility index (Phi) is 12.1. The van der Waals surface area contributed by atoms with Crippen molar-refractivity contribution in [3.8, 4) is 0 Å². The predicted octanol–water partition coefficient (Wildman–Crippen LogP) is -1.14. The molecule has 1 fully saturated rings. The second-order valence-electron chi connectivity index (χ2n) is 7.00. The number of nitrogens with one attached hydrogen (secondary N) is 2. The second-order valence-corrected chi connectivity index (χ2v) is 8.97. The van der Waals surface area contributed by atoms with Gasteiger partial charge in [0.2, 0.25) is 17.7 Å². The number of aliphatic hydroxyl groups is 1. The minimum atomic E-state index is -1.28. The normalized spacial score (nSPS) is 19.1. The Labute approximate surface area is 185 Å². The molecule has 1 heterocycles. The third-order valence-corrected chi connectivity index (χ3v) is 6.12. The third-order valence-electron chi connectivity index (χ3n) is 4.83. The van der Waals surface area contributed by atoms with Crippen LogP contribution in [0.15, 0.2) is 0 Å². The highest BCUT2D eigenvalue weighted by Gasteiger charge is 2.38. The molecule has 1 rings (SSSR count). The van der Waals surface area contributed by atoms with E-state index < -0.39 is 54.5 Å². The summed E-state index contributed by atoms with van der Waals surface area (Å²) in [6.45, 7) is -0.428. The molecule has 0 aromatic rings. The highest BCUT2D eigenvalue weighted by molar-refractivity contribution is 7.98. The van der Waals surface area contributed by atoms with Crippen LogP contribution in [0.4, 0.5) is 0 Å². The zero-order valence-electron chi connectivity index (χ0n) is 17.3. The fourth-order valence-electron chi connectivity index (χ4n) is 3.10. The lowest BCUT2D eigenvalue weighted by Crippen LogP contribution is -2.58. The van der Waals surface area contributed by atoms with Gasteiger partial charge in [-0.05, 0) is 49.7 Å². The molecule has 12 heteroatoms. The maximum atomic E-state index is 12.7. The number of nitrogens with zero attached hydrogens (tertiary/aromatic N) is 1. The largest absolute Gasteiger partial charge is 0.480 e. The lowest BCUT2D eigenvalue weighted by Gasteiger charge is -2.28. The Morgan fingerprint density at radius 1 is 1.07 bits per heavy atom. The minimum absolute atomic E-state index is 0.249. The van der Waals surface area contributed by atoms with Crippen molar-refractivity contribution in [3.05, 3.63) is 0 Å². The van der Waals surface area contributed by atoms with E-state index >= 15 is 0 Å². The van der Waals surface area contributed by atoms with E-state index in [1.165, 1.54) is 11.8 Å². The molecule has 30 heavy (non-hydrogen) atoms. The first kappa shape index (κ1) is 26.5. The van der Waals surface area contributed by atoms with Gasteiger partial charge in [-0.15, -0.1) is 0 Å². The van der Waals surface area contributed by atoms with Crippen LogP contribution in [0.25, 0.3) is 0 Å². The zero-order valence-corrected chi connectivity index (χ0v) is 19.0. The fraction of sp³-hybridized carbons (Fsp3) is 0.778. The highest BCUT2D eigenvalue weighted by Crippen LogP contribution is 2.18. The van der Waals surface area contributed by atoms with Crippen molar-refractivity contribution in [1.29, 1.82) is 0 Å². The molecule has 0 saturated carbocycles. The van der Waals surface area contributed by atoms with Crippen LogP contribution in [0.3, 0.4) is 0 Å². The number of carbonyl (C=O) groups excluding carboxylic acids is 3. The van der Waals surface area contributed by atoms with Crippen LogP contribution in [0, 0.1) is 0 Å². The first-order valence-corrected chi connectivity index (χ1v) is 12.5. The number of rotatable bonds is 13. The van der Waals surface area contributed by atoms with E-state index in [0.29, 0.717) is 37.2 Å². The SMILES string of the molecule is CSCCC(N)C(=O)NC(CCSC)C(=O)NC(CO)C(=O)N1CCCC1C(=O)O. The summed E-state index contributed by atoms with van der Waals surface area (Å²) in [7, 11) is 0. The number of carbonyl (C=O) groups is 4. The molecule has 0 bridgehead atoms. The van der Waals surface area contributed by atoms with Crippen molar-refractivity contribution < 1.29 is 29.4 Å². The summed E-state index contributed by atoms with van der Waals surface area (Å²) < 4.78 is 0. The van der Waals surface area contributed by atoms with Crippen LogP contribution in [0.5, 0.6) is 0 Å². The van der Waals surface area contributed by atoms with Crippen LogP contribution < -0.4 is 16.4 Å². The summed E-state index contributed by atoms with van der Waals surface area (Å²) in [5.74, 6) is -1.55. The Morgan fingerprint density at radius 2 is 1.67 bits per heavy atom. The lowest BCUT2D eigenvalue weighted by atomic mass is 10.1. The highest BCUT2D eigenvalue weighted by atomic mass is 32.2. The van der Waals surface area contributed by atoms with Gasteiger partial charge < -0.3 is 31.5 Å². The zero-order chi connectivity index (χ0) is 22.7. The summed E-state index contributed by atoms with van der Waals surface area (Å²) in [5, 5.41) is 24.0. The van der Waals surface area contributed by atoms with Crippen LogP contribution in [-0.4, -0.2) is 100 Å². The second kappa shape index (κ2) is 13.7. The number of amides is 3. The molecule has 0 aromatic carbocycles. The van der Waals surface area contributed by atoms with E-state index in [-0.39, 0.29) is 6.54 Å². The molecule has 6 N–H and O–H groups in total. The number of carboxylic acid groups (broad SMARTS) is 1. The number of hydrogen-bond donors (Lipinski definition) is 5. The van der Waals surface area contributed by atoms with Gasteiger partial charge in [0.15, 0.2) is 0 Å². The summed E-state index contributed by atoms with van der Waals surface area (Å²) in [6.07, 6.45) is 5.42. The molecular formula is C18H32N4O6S2. The smallest absolute Gasteiger partial charge is 0.326 e. The molecular weight excluding hydrogens is 432 g/mol. The van der Waals surface area contributed by atoms with Crippen molar-refractivity contribution in [2.75, 3.05) is 37.2 Å². The van der Waals surface area contributed by atoms with Crippen LogP contribution in [-0.2, 0) is 19.2 Å². The molecule has 3 amide bonds. The number of hydrogen-bond acceptors (Lipinski definition) is 8. The number of likely N-dealkylation sites (tertiary alicyclic amines) is 1. The van der Waals surface area contributed by atoms with Crippen molar-refractivity contribution in [3.63, 3.8) is 0 Å². The maximum absolute atomic E-state index is 12.7. The molecule has 1 saturated heterocycles. The van der Waals surface area contributed by atoms with Gasteiger partial charge in [0, 0.05) is 6.54 Å². The summed E-state index contributed by atoms with van der Waals surface area (Å²) in [4.78, 5) is 50.2. The predicted molar refractivity (Wildman–Crippen MR) is 117 cm³/mol. The molecule has 0 radical (unpaired) electrons. The Balaban J connectivity index is 2.80. The number of nitrogens with two attached hydrogens (primary N) is 1. The van der Waals surface area contributed by atoms with Gasteiger partial charge in [-0.2, -0.15) is 23.5 Å².